The number of piperazine rings is 1. The fourth-order valence-electron chi connectivity index (χ4n) is 3.53. The molecule has 2 aromatic carbocycles. The summed E-state index contributed by atoms with van der Waals surface area (Å²) in [4.78, 5) is 40.5. The zero-order valence-electron chi connectivity index (χ0n) is 18.1. The van der Waals surface area contributed by atoms with E-state index in [2.05, 4.69) is 10.6 Å². The van der Waals surface area contributed by atoms with E-state index in [4.69, 9.17) is 4.74 Å². The molecule has 0 radical (unpaired) electrons. The molecule has 1 saturated heterocycles. The lowest BCUT2D eigenvalue weighted by Gasteiger charge is -2.36. The number of halogens is 1. The molecule has 4 amide bonds. The molecule has 1 aliphatic rings. The normalized spacial score (nSPS) is 14.5. The highest BCUT2D eigenvalue weighted by Gasteiger charge is 2.29. The molecule has 32 heavy (non-hydrogen) atoms. The summed E-state index contributed by atoms with van der Waals surface area (Å²) < 4.78 is 18.3. The molecule has 9 heteroatoms. The Morgan fingerprint density at radius 3 is 2.12 bits per heavy atom. The van der Waals surface area contributed by atoms with Gasteiger partial charge in [-0.1, -0.05) is 12.1 Å². The lowest BCUT2D eigenvalue weighted by atomic mass is 10.0. The van der Waals surface area contributed by atoms with Crippen molar-refractivity contribution in [3.05, 3.63) is 59.9 Å². The third kappa shape index (κ3) is 6.19. The number of nitrogens with one attached hydrogen (secondary N) is 2. The summed E-state index contributed by atoms with van der Waals surface area (Å²) in [6.45, 7) is 2.81. The SMILES string of the molecule is COc1ccc(NC(=O)N2CCN(C(=O)[C@@H](Cc3ccc(F)cc3)NC(C)=O)CC2)cc1. The van der Waals surface area contributed by atoms with Gasteiger partial charge < -0.3 is 25.2 Å². The molecule has 1 fully saturated rings. The smallest absolute Gasteiger partial charge is 0.321 e. The third-order valence-electron chi connectivity index (χ3n) is 5.25. The highest BCUT2D eigenvalue weighted by atomic mass is 19.1. The number of carbonyl (C=O) groups is 3. The second kappa shape index (κ2) is 10.6. The van der Waals surface area contributed by atoms with Gasteiger partial charge in [-0.05, 0) is 42.0 Å². The van der Waals surface area contributed by atoms with E-state index in [1.54, 1.807) is 53.3 Å². The Hall–Kier alpha value is -3.62. The molecule has 1 aliphatic heterocycles. The highest BCUT2D eigenvalue weighted by Crippen LogP contribution is 2.16. The maximum atomic E-state index is 13.2. The van der Waals surface area contributed by atoms with Crippen molar-refractivity contribution in [3.8, 4) is 5.75 Å². The van der Waals surface area contributed by atoms with Crippen LogP contribution in [0.2, 0.25) is 0 Å². The van der Waals surface area contributed by atoms with Crippen LogP contribution in [-0.4, -0.2) is 67.0 Å². The molecule has 2 N–H and O–H groups in total. The van der Waals surface area contributed by atoms with Crippen LogP contribution in [0, 0.1) is 5.82 Å². The minimum Gasteiger partial charge on any atom is -0.497 e. The molecular weight excluding hydrogens is 415 g/mol. The number of anilines is 1. The number of hydrogen-bond donors (Lipinski definition) is 2. The van der Waals surface area contributed by atoms with Gasteiger partial charge in [0.2, 0.25) is 11.8 Å². The Balaban J connectivity index is 1.56. The van der Waals surface area contributed by atoms with Crippen molar-refractivity contribution in [1.82, 2.24) is 15.1 Å². The molecule has 2 aromatic rings. The second-order valence-electron chi connectivity index (χ2n) is 7.55. The first-order chi connectivity index (χ1) is 15.4. The Morgan fingerprint density at radius 2 is 1.56 bits per heavy atom. The molecule has 0 unspecified atom stereocenters. The van der Waals surface area contributed by atoms with E-state index in [1.165, 1.54) is 19.1 Å². The first-order valence-electron chi connectivity index (χ1n) is 10.4. The first kappa shape index (κ1) is 23.1. The summed E-state index contributed by atoms with van der Waals surface area (Å²) in [5.74, 6) is -0.201. The molecular formula is C23H27FN4O4. The Kier molecular flexibility index (Phi) is 7.64. The van der Waals surface area contributed by atoms with Crippen molar-refractivity contribution in [3.63, 3.8) is 0 Å². The van der Waals surface area contributed by atoms with E-state index < -0.39 is 6.04 Å². The number of benzene rings is 2. The lowest BCUT2D eigenvalue weighted by Crippen LogP contribution is -2.56. The molecule has 170 valence electrons. The summed E-state index contributed by atoms with van der Waals surface area (Å²) in [6, 6.07) is 11.9. The molecule has 1 heterocycles. The van der Waals surface area contributed by atoms with Crippen LogP contribution >= 0.6 is 0 Å². The van der Waals surface area contributed by atoms with Gasteiger partial charge in [0.05, 0.1) is 7.11 Å². The molecule has 3 rings (SSSR count). The van der Waals surface area contributed by atoms with Crippen LogP contribution in [0.3, 0.4) is 0 Å². The fraction of sp³-hybridized carbons (Fsp3) is 0.348. The summed E-state index contributed by atoms with van der Waals surface area (Å²) >= 11 is 0. The molecule has 0 spiro atoms. The standard InChI is InChI=1S/C23H27FN4O4/c1-16(29)25-21(15-17-3-5-18(24)6-4-17)22(30)27-11-13-28(14-12-27)23(31)26-19-7-9-20(32-2)10-8-19/h3-10,21H,11-15H2,1-2H3,(H,25,29)(H,26,31)/t21-/m1/s1. The van der Waals surface area contributed by atoms with Crippen molar-refractivity contribution < 1.29 is 23.5 Å². The monoisotopic (exact) mass is 442 g/mol. The van der Waals surface area contributed by atoms with Gasteiger partial charge in [-0.3, -0.25) is 9.59 Å². The van der Waals surface area contributed by atoms with Crippen LogP contribution in [0.5, 0.6) is 5.75 Å². The summed E-state index contributed by atoms with van der Waals surface area (Å²) in [7, 11) is 1.57. The third-order valence-corrected chi connectivity index (χ3v) is 5.25. The van der Waals surface area contributed by atoms with Crippen LogP contribution in [0.25, 0.3) is 0 Å². The van der Waals surface area contributed by atoms with Crippen LogP contribution in [0.1, 0.15) is 12.5 Å². The molecule has 0 aromatic heterocycles. The minimum atomic E-state index is -0.752. The average molecular weight is 442 g/mol. The number of nitrogens with zero attached hydrogens (tertiary/aromatic N) is 2. The van der Waals surface area contributed by atoms with Crippen molar-refractivity contribution in [1.29, 1.82) is 0 Å². The summed E-state index contributed by atoms with van der Waals surface area (Å²) in [6.07, 6.45) is 0.261. The number of ether oxygens (including phenoxy) is 1. The molecule has 8 nitrogen and oxygen atoms in total. The zero-order valence-corrected chi connectivity index (χ0v) is 18.1. The van der Waals surface area contributed by atoms with Crippen LogP contribution in [-0.2, 0) is 16.0 Å². The van der Waals surface area contributed by atoms with E-state index in [9.17, 15) is 18.8 Å². The van der Waals surface area contributed by atoms with Crippen molar-refractivity contribution in [2.45, 2.75) is 19.4 Å². The van der Waals surface area contributed by atoms with E-state index in [1.807, 2.05) is 0 Å². The van der Waals surface area contributed by atoms with Crippen LogP contribution in [0.4, 0.5) is 14.9 Å². The average Bonchev–Trinajstić information content (AvgIpc) is 2.80. The minimum absolute atomic E-state index is 0.222. The van der Waals surface area contributed by atoms with E-state index >= 15 is 0 Å². The number of urea groups is 1. The molecule has 0 aliphatic carbocycles. The summed E-state index contributed by atoms with van der Waals surface area (Å²) in [5.41, 5.74) is 1.40. The van der Waals surface area contributed by atoms with Crippen molar-refractivity contribution >= 4 is 23.5 Å². The van der Waals surface area contributed by atoms with Crippen molar-refractivity contribution in [2.24, 2.45) is 0 Å². The first-order valence-corrected chi connectivity index (χ1v) is 10.4. The fourth-order valence-corrected chi connectivity index (χ4v) is 3.53. The van der Waals surface area contributed by atoms with E-state index in [-0.39, 0.29) is 30.1 Å². The number of carbonyl (C=O) groups excluding carboxylic acids is 3. The largest absolute Gasteiger partial charge is 0.497 e. The van der Waals surface area contributed by atoms with Gasteiger partial charge in [0, 0.05) is 45.2 Å². The van der Waals surface area contributed by atoms with Gasteiger partial charge in [-0.15, -0.1) is 0 Å². The van der Waals surface area contributed by atoms with Gasteiger partial charge >= 0.3 is 6.03 Å². The quantitative estimate of drug-likeness (QED) is 0.718. The predicted molar refractivity (Wildman–Crippen MR) is 118 cm³/mol. The molecule has 0 bridgehead atoms. The maximum Gasteiger partial charge on any atom is 0.321 e. The predicted octanol–water partition coefficient (Wildman–Crippen LogP) is 2.26. The van der Waals surface area contributed by atoms with Crippen LogP contribution < -0.4 is 15.4 Å². The Labute approximate surface area is 186 Å². The summed E-state index contributed by atoms with van der Waals surface area (Å²) in [5, 5.41) is 5.52. The van der Waals surface area contributed by atoms with Gasteiger partial charge in [0.15, 0.2) is 0 Å². The van der Waals surface area contributed by atoms with E-state index in [0.717, 1.165) is 5.56 Å². The van der Waals surface area contributed by atoms with Gasteiger partial charge in [0.1, 0.15) is 17.6 Å². The zero-order chi connectivity index (χ0) is 23.1. The lowest BCUT2D eigenvalue weighted by molar-refractivity contribution is -0.137. The topological polar surface area (TPSA) is 91.0 Å². The van der Waals surface area contributed by atoms with E-state index in [0.29, 0.717) is 37.6 Å². The molecule has 0 saturated carbocycles. The molecule has 1 atom stereocenters. The van der Waals surface area contributed by atoms with Gasteiger partial charge in [-0.25, -0.2) is 9.18 Å². The number of amides is 4. The number of methoxy groups -OCH3 is 1. The second-order valence-corrected chi connectivity index (χ2v) is 7.55. The maximum absolute atomic E-state index is 13.2. The van der Waals surface area contributed by atoms with Gasteiger partial charge in [-0.2, -0.15) is 0 Å². The highest BCUT2D eigenvalue weighted by molar-refractivity contribution is 5.90. The van der Waals surface area contributed by atoms with Gasteiger partial charge in [0.25, 0.3) is 0 Å². The van der Waals surface area contributed by atoms with Crippen LogP contribution in [0.15, 0.2) is 48.5 Å². The Bertz CT molecular complexity index is 941. The number of hydrogen-bond acceptors (Lipinski definition) is 4. The Morgan fingerprint density at radius 1 is 0.969 bits per heavy atom. The number of rotatable bonds is 6. The van der Waals surface area contributed by atoms with Crippen molar-refractivity contribution in [2.75, 3.05) is 38.6 Å².